The van der Waals surface area contributed by atoms with Gasteiger partial charge in [0.15, 0.2) is 0 Å². The van der Waals surface area contributed by atoms with E-state index in [9.17, 15) is 9.59 Å². The Kier molecular flexibility index (Phi) is 4.26. The van der Waals surface area contributed by atoms with Gasteiger partial charge in [-0.25, -0.2) is 14.6 Å². The number of carbonyl (C=O) groups is 2. The monoisotopic (exact) mass is 292 g/mol. The highest BCUT2D eigenvalue weighted by Crippen LogP contribution is 2.10. The van der Waals surface area contributed by atoms with Crippen LogP contribution < -0.4 is 5.32 Å². The molecule has 0 radical (unpaired) electrons. The van der Waals surface area contributed by atoms with Gasteiger partial charge in [0.1, 0.15) is 0 Å². The molecule has 0 saturated heterocycles. The molecule has 0 saturated carbocycles. The number of hydrogen-bond donors (Lipinski definition) is 2. The molecule has 2 N–H and O–H groups in total. The van der Waals surface area contributed by atoms with Gasteiger partial charge in [0.25, 0.3) is 0 Å². The molecule has 0 unspecified atom stereocenters. The number of carbonyl (C=O) groups excluding carboxylic acids is 1. The van der Waals surface area contributed by atoms with E-state index < -0.39 is 5.97 Å². The standard InChI is InChI=1S/C12H12N4O3S/c1-16(5-10-6-20-7-14-10)12(19)15-9-2-8(11(17)18)3-13-4-9/h2-4,6-7H,5H2,1H3,(H,15,19)(H,17,18). The fraction of sp³-hybridized carbons (Fsp3) is 0.167. The Morgan fingerprint density at radius 1 is 1.45 bits per heavy atom. The van der Waals surface area contributed by atoms with E-state index in [1.54, 1.807) is 12.6 Å². The van der Waals surface area contributed by atoms with Crippen LogP contribution in [-0.4, -0.2) is 39.0 Å². The summed E-state index contributed by atoms with van der Waals surface area (Å²) < 4.78 is 0. The Morgan fingerprint density at radius 2 is 2.25 bits per heavy atom. The summed E-state index contributed by atoms with van der Waals surface area (Å²) in [5, 5.41) is 13.3. The van der Waals surface area contributed by atoms with Crippen LogP contribution >= 0.6 is 11.3 Å². The molecular formula is C12H12N4O3S. The van der Waals surface area contributed by atoms with E-state index in [1.165, 1.54) is 34.7 Å². The van der Waals surface area contributed by atoms with Gasteiger partial charge in [0.2, 0.25) is 0 Å². The number of nitrogens with zero attached hydrogens (tertiary/aromatic N) is 3. The average molecular weight is 292 g/mol. The fourth-order valence-corrected chi connectivity index (χ4v) is 2.02. The van der Waals surface area contributed by atoms with Crippen LogP contribution in [0.2, 0.25) is 0 Å². The maximum Gasteiger partial charge on any atom is 0.337 e. The molecule has 0 spiro atoms. The van der Waals surface area contributed by atoms with Gasteiger partial charge in [-0.05, 0) is 6.07 Å². The first kappa shape index (κ1) is 13.9. The predicted molar refractivity (Wildman–Crippen MR) is 73.8 cm³/mol. The van der Waals surface area contributed by atoms with Crippen LogP contribution in [0, 0.1) is 0 Å². The molecule has 0 atom stereocenters. The van der Waals surface area contributed by atoms with Gasteiger partial charge in [0.05, 0.1) is 35.2 Å². The Hall–Kier alpha value is -2.48. The highest BCUT2D eigenvalue weighted by molar-refractivity contribution is 7.07. The molecule has 0 aliphatic heterocycles. The maximum absolute atomic E-state index is 11.9. The number of amides is 2. The van der Waals surface area contributed by atoms with E-state index in [2.05, 4.69) is 15.3 Å². The van der Waals surface area contributed by atoms with Crippen molar-refractivity contribution in [2.24, 2.45) is 0 Å². The minimum Gasteiger partial charge on any atom is -0.478 e. The number of thiazole rings is 1. The van der Waals surface area contributed by atoms with Gasteiger partial charge in [-0.1, -0.05) is 0 Å². The Morgan fingerprint density at radius 3 is 2.90 bits per heavy atom. The highest BCUT2D eigenvalue weighted by Gasteiger charge is 2.12. The third kappa shape index (κ3) is 3.51. The van der Waals surface area contributed by atoms with Crippen LogP contribution in [0.3, 0.4) is 0 Å². The molecular weight excluding hydrogens is 280 g/mol. The third-order valence-corrected chi connectivity index (χ3v) is 3.10. The molecule has 7 nitrogen and oxygen atoms in total. The summed E-state index contributed by atoms with van der Waals surface area (Å²) >= 11 is 1.46. The molecule has 104 valence electrons. The number of nitrogens with one attached hydrogen (secondary N) is 1. The first-order valence-corrected chi connectivity index (χ1v) is 6.58. The van der Waals surface area contributed by atoms with Crippen molar-refractivity contribution in [3.05, 3.63) is 40.6 Å². The van der Waals surface area contributed by atoms with Gasteiger partial charge >= 0.3 is 12.0 Å². The lowest BCUT2D eigenvalue weighted by molar-refractivity contribution is 0.0696. The minimum atomic E-state index is -1.09. The van der Waals surface area contributed by atoms with Crippen LogP contribution in [0.1, 0.15) is 16.1 Å². The van der Waals surface area contributed by atoms with E-state index in [1.807, 2.05) is 5.38 Å². The third-order valence-electron chi connectivity index (χ3n) is 2.47. The van der Waals surface area contributed by atoms with Crippen LogP contribution in [0.5, 0.6) is 0 Å². The molecule has 0 aliphatic carbocycles. The highest BCUT2D eigenvalue weighted by atomic mass is 32.1. The van der Waals surface area contributed by atoms with Crippen molar-refractivity contribution < 1.29 is 14.7 Å². The zero-order chi connectivity index (χ0) is 14.5. The lowest BCUT2D eigenvalue weighted by Gasteiger charge is -2.16. The molecule has 20 heavy (non-hydrogen) atoms. The normalized spacial score (nSPS) is 10.1. The van der Waals surface area contributed by atoms with E-state index in [-0.39, 0.29) is 11.6 Å². The summed E-state index contributed by atoms with van der Waals surface area (Å²) in [4.78, 5) is 32.1. The van der Waals surface area contributed by atoms with Crippen molar-refractivity contribution in [2.45, 2.75) is 6.54 Å². The van der Waals surface area contributed by atoms with E-state index in [0.717, 1.165) is 5.69 Å². The SMILES string of the molecule is CN(Cc1cscn1)C(=O)Nc1cncc(C(=O)O)c1. The number of anilines is 1. The number of carboxylic acids is 1. The summed E-state index contributed by atoms with van der Waals surface area (Å²) in [5.74, 6) is -1.09. The summed E-state index contributed by atoms with van der Waals surface area (Å²) in [6, 6.07) is 0.992. The molecule has 0 aliphatic rings. The van der Waals surface area contributed by atoms with Gasteiger partial charge < -0.3 is 15.3 Å². The second-order valence-corrected chi connectivity index (χ2v) is 4.75. The maximum atomic E-state index is 11.9. The van der Waals surface area contributed by atoms with Crippen molar-refractivity contribution in [1.82, 2.24) is 14.9 Å². The number of hydrogen-bond acceptors (Lipinski definition) is 5. The Bertz CT molecular complexity index is 615. The number of aromatic carboxylic acids is 1. The second kappa shape index (κ2) is 6.11. The first-order chi connectivity index (χ1) is 9.56. The number of aromatic nitrogens is 2. The quantitative estimate of drug-likeness (QED) is 0.897. The molecule has 8 heteroatoms. The largest absolute Gasteiger partial charge is 0.478 e. The molecule has 0 fully saturated rings. The molecule has 2 rings (SSSR count). The van der Waals surface area contributed by atoms with Gasteiger partial charge in [-0.2, -0.15) is 0 Å². The number of pyridine rings is 1. The number of carboxylic acid groups (broad SMARTS) is 1. The zero-order valence-electron chi connectivity index (χ0n) is 10.6. The van der Waals surface area contributed by atoms with E-state index in [0.29, 0.717) is 12.2 Å². The van der Waals surface area contributed by atoms with Gasteiger partial charge in [0, 0.05) is 18.6 Å². The lowest BCUT2D eigenvalue weighted by atomic mass is 10.2. The van der Waals surface area contributed by atoms with Crippen molar-refractivity contribution in [3.8, 4) is 0 Å². The lowest BCUT2D eigenvalue weighted by Crippen LogP contribution is -2.31. The molecule has 2 heterocycles. The Balaban J connectivity index is 2.00. The number of urea groups is 1. The molecule has 2 amide bonds. The zero-order valence-corrected chi connectivity index (χ0v) is 11.4. The molecule has 0 aromatic carbocycles. The van der Waals surface area contributed by atoms with E-state index >= 15 is 0 Å². The van der Waals surface area contributed by atoms with Crippen LogP contribution in [0.4, 0.5) is 10.5 Å². The summed E-state index contributed by atoms with van der Waals surface area (Å²) in [6.45, 7) is 0.376. The first-order valence-electron chi connectivity index (χ1n) is 5.64. The van der Waals surface area contributed by atoms with Crippen molar-refractivity contribution in [3.63, 3.8) is 0 Å². The Labute approximate surface area is 118 Å². The average Bonchev–Trinajstić information content (AvgIpc) is 2.91. The molecule has 2 aromatic rings. The second-order valence-electron chi connectivity index (χ2n) is 4.03. The predicted octanol–water partition coefficient (Wildman–Crippen LogP) is 1.90. The van der Waals surface area contributed by atoms with Crippen LogP contribution in [0.25, 0.3) is 0 Å². The van der Waals surface area contributed by atoms with Crippen molar-refractivity contribution in [1.29, 1.82) is 0 Å². The summed E-state index contributed by atoms with van der Waals surface area (Å²) in [7, 11) is 1.63. The smallest absolute Gasteiger partial charge is 0.337 e. The van der Waals surface area contributed by atoms with Gasteiger partial charge in [-0.3, -0.25) is 4.98 Å². The minimum absolute atomic E-state index is 0.0185. The van der Waals surface area contributed by atoms with Gasteiger partial charge in [-0.15, -0.1) is 11.3 Å². The summed E-state index contributed by atoms with van der Waals surface area (Å²) in [6.07, 6.45) is 2.61. The number of rotatable bonds is 4. The topological polar surface area (TPSA) is 95.4 Å². The van der Waals surface area contributed by atoms with Crippen molar-refractivity contribution in [2.75, 3.05) is 12.4 Å². The summed E-state index contributed by atoms with van der Waals surface area (Å²) in [5.41, 5.74) is 2.84. The molecule has 2 aromatic heterocycles. The van der Waals surface area contributed by atoms with E-state index in [4.69, 9.17) is 5.11 Å². The van der Waals surface area contributed by atoms with Crippen molar-refractivity contribution >= 4 is 29.0 Å². The fourth-order valence-electron chi connectivity index (χ4n) is 1.47. The van der Waals surface area contributed by atoms with Crippen LogP contribution in [-0.2, 0) is 6.54 Å². The molecule has 0 bridgehead atoms. The van der Waals surface area contributed by atoms with Crippen LogP contribution in [0.15, 0.2) is 29.4 Å².